The molecule has 5 heteroatoms. The third-order valence-electron chi connectivity index (χ3n) is 4.57. The molecule has 0 atom stereocenters. The number of hydrogen-bond donors (Lipinski definition) is 2. The molecule has 0 saturated carbocycles. The highest BCUT2D eigenvalue weighted by molar-refractivity contribution is 5.80. The van der Waals surface area contributed by atoms with Crippen molar-refractivity contribution in [2.45, 2.75) is 13.0 Å². The number of fused-ring (bicyclic) bond motifs is 1. The number of aromatic nitrogens is 2. The Labute approximate surface area is 155 Å². The molecule has 2 N–H and O–H groups in total. The smallest absolute Gasteiger partial charge is 0.261 e. The average Bonchev–Trinajstić information content (AvgIpc) is 2.69. The van der Waals surface area contributed by atoms with Gasteiger partial charge in [0.15, 0.2) is 0 Å². The predicted octanol–water partition coefficient (Wildman–Crippen LogP) is 3.72. The first-order valence-corrected chi connectivity index (χ1v) is 8.69. The maximum Gasteiger partial charge on any atom is 0.261 e. The maximum atomic E-state index is 13.1. The van der Waals surface area contributed by atoms with E-state index in [1.54, 1.807) is 53.1 Å². The van der Waals surface area contributed by atoms with Crippen LogP contribution in [0.5, 0.6) is 11.5 Å². The highest BCUT2D eigenvalue weighted by Crippen LogP contribution is 2.27. The van der Waals surface area contributed by atoms with Crippen molar-refractivity contribution in [1.29, 1.82) is 0 Å². The second kappa shape index (κ2) is 6.96. The SMILES string of the molecule is O=c1c2ccccc2nc(-c2ccccc2O)n1CCc1ccc(O)cc1. The minimum absolute atomic E-state index is 0.0815. The maximum absolute atomic E-state index is 13.1. The molecule has 27 heavy (non-hydrogen) atoms. The van der Waals surface area contributed by atoms with Gasteiger partial charge in [0.1, 0.15) is 17.3 Å². The molecule has 4 aromatic rings. The van der Waals surface area contributed by atoms with Crippen LogP contribution in [0.1, 0.15) is 5.56 Å². The Bertz CT molecular complexity index is 1160. The standard InChI is InChI=1S/C22H18N2O3/c25-16-11-9-15(10-12-16)13-14-24-21(18-6-2-4-8-20(18)26)23-19-7-3-1-5-17(19)22(24)27/h1-12,25-26H,13-14H2. The quantitative estimate of drug-likeness (QED) is 0.583. The Morgan fingerprint density at radius 3 is 2.33 bits per heavy atom. The molecule has 3 aromatic carbocycles. The van der Waals surface area contributed by atoms with E-state index in [0.717, 1.165) is 5.56 Å². The number of rotatable bonds is 4. The summed E-state index contributed by atoms with van der Waals surface area (Å²) in [5.41, 5.74) is 1.97. The summed E-state index contributed by atoms with van der Waals surface area (Å²) in [5, 5.41) is 20.3. The molecule has 0 radical (unpaired) electrons. The van der Waals surface area contributed by atoms with Crippen LogP contribution in [0.3, 0.4) is 0 Å². The molecule has 4 rings (SSSR count). The van der Waals surface area contributed by atoms with Crippen LogP contribution < -0.4 is 5.56 Å². The van der Waals surface area contributed by atoms with Crippen LogP contribution >= 0.6 is 0 Å². The Kier molecular flexibility index (Phi) is 4.34. The topological polar surface area (TPSA) is 75.3 Å². The molecule has 0 fully saturated rings. The van der Waals surface area contributed by atoms with Crippen LogP contribution in [0, 0.1) is 0 Å². The summed E-state index contributed by atoms with van der Waals surface area (Å²) in [6.45, 7) is 0.408. The van der Waals surface area contributed by atoms with Gasteiger partial charge in [0.05, 0.1) is 16.5 Å². The monoisotopic (exact) mass is 358 g/mol. The van der Waals surface area contributed by atoms with E-state index in [0.29, 0.717) is 35.3 Å². The van der Waals surface area contributed by atoms with Crippen LogP contribution in [0.2, 0.25) is 0 Å². The van der Waals surface area contributed by atoms with Crippen molar-refractivity contribution < 1.29 is 10.2 Å². The van der Waals surface area contributed by atoms with E-state index >= 15 is 0 Å². The fourth-order valence-corrected chi connectivity index (χ4v) is 3.15. The highest BCUT2D eigenvalue weighted by atomic mass is 16.3. The second-order valence-electron chi connectivity index (χ2n) is 6.34. The Hall–Kier alpha value is -3.60. The average molecular weight is 358 g/mol. The largest absolute Gasteiger partial charge is 0.508 e. The zero-order chi connectivity index (χ0) is 18.8. The lowest BCUT2D eigenvalue weighted by molar-refractivity contribution is 0.474. The molecule has 0 spiro atoms. The van der Waals surface area contributed by atoms with Gasteiger partial charge in [-0.15, -0.1) is 0 Å². The van der Waals surface area contributed by atoms with Crippen LogP contribution in [-0.2, 0) is 13.0 Å². The summed E-state index contributed by atoms with van der Waals surface area (Å²) >= 11 is 0. The van der Waals surface area contributed by atoms with Crippen LogP contribution in [-0.4, -0.2) is 19.8 Å². The second-order valence-corrected chi connectivity index (χ2v) is 6.34. The van der Waals surface area contributed by atoms with Gasteiger partial charge in [-0.25, -0.2) is 4.98 Å². The lowest BCUT2D eigenvalue weighted by atomic mass is 10.1. The van der Waals surface area contributed by atoms with Crippen molar-refractivity contribution in [3.8, 4) is 22.9 Å². The molecule has 0 unspecified atom stereocenters. The van der Waals surface area contributed by atoms with Crippen molar-refractivity contribution >= 4 is 10.9 Å². The summed E-state index contributed by atoms with van der Waals surface area (Å²) < 4.78 is 1.60. The number of phenolic OH excluding ortho intramolecular Hbond substituents is 2. The van der Waals surface area contributed by atoms with Gasteiger partial charge < -0.3 is 10.2 Å². The molecule has 1 heterocycles. The molecular formula is C22H18N2O3. The summed E-state index contributed by atoms with van der Waals surface area (Å²) in [6.07, 6.45) is 0.598. The molecule has 0 aliphatic rings. The number of benzene rings is 3. The predicted molar refractivity (Wildman–Crippen MR) is 105 cm³/mol. The van der Waals surface area contributed by atoms with Gasteiger partial charge in [-0.1, -0.05) is 36.4 Å². The molecule has 0 aliphatic heterocycles. The molecule has 0 amide bonds. The van der Waals surface area contributed by atoms with Gasteiger partial charge >= 0.3 is 0 Å². The Balaban J connectivity index is 1.85. The van der Waals surface area contributed by atoms with Crippen molar-refractivity contribution in [2.24, 2.45) is 0 Å². The van der Waals surface area contributed by atoms with Crippen molar-refractivity contribution in [3.63, 3.8) is 0 Å². The summed E-state index contributed by atoms with van der Waals surface area (Å²) in [4.78, 5) is 17.8. The molecule has 5 nitrogen and oxygen atoms in total. The minimum atomic E-state index is -0.141. The van der Waals surface area contributed by atoms with Crippen LogP contribution in [0.15, 0.2) is 77.6 Å². The number of para-hydroxylation sites is 2. The number of aromatic hydroxyl groups is 2. The van der Waals surface area contributed by atoms with E-state index < -0.39 is 0 Å². The van der Waals surface area contributed by atoms with E-state index in [-0.39, 0.29) is 17.1 Å². The number of aryl methyl sites for hydroxylation is 1. The van der Waals surface area contributed by atoms with E-state index in [1.165, 1.54) is 0 Å². The fraction of sp³-hybridized carbons (Fsp3) is 0.0909. The van der Waals surface area contributed by atoms with Gasteiger partial charge in [0.2, 0.25) is 0 Å². The normalized spacial score (nSPS) is 11.0. The molecule has 0 saturated heterocycles. The molecule has 0 aliphatic carbocycles. The van der Waals surface area contributed by atoms with Gasteiger partial charge in [-0.05, 0) is 48.4 Å². The van der Waals surface area contributed by atoms with Crippen molar-refractivity contribution in [3.05, 3.63) is 88.7 Å². The van der Waals surface area contributed by atoms with E-state index in [2.05, 4.69) is 4.98 Å². The van der Waals surface area contributed by atoms with E-state index in [4.69, 9.17) is 0 Å². The first-order chi connectivity index (χ1) is 13.1. The van der Waals surface area contributed by atoms with Crippen LogP contribution in [0.25, 0.3) is 22.3 Å². The van der Waals surface area contributed by atoms with Crippen molar-refractivity contribution in [1.82, 2.24) is 9.55 Å². The lowest BCUT2D eigenvalue weighted by Gasteiger charge is -2.14. The van der Waals surface area contributed by atoms with E-state index in [9.17, 15) is 15.0 Å². The molecule has 134 valence electrons. The van der Waals surface area contributed by atoms with Crippen molar-refractivity contribution in [2.75, 3.05) is 0 Å². The first-order valence-electron chi connectivity index (χ1n) is 8.69. The highest BCUT2D eigenvalue weighted by Gasteiger charge is 2.15. The number of phenols is 2. The zero-order valence-corrected chi connectivity index (χ0v) is 14.5. The van der Waals surface area contributed by atoms with Gasteiger partial charge in [-0.2, -0.15) is 0 Å². The van der Waals surface area contributed by atoms with Crippen LogP contribution in [0.4, 0.5) is 0 Å². The molecular weight excluding hydrogens is 340 g/mol. The Morgan fingerprint density at radius 1 is 0.852 bits per heavy atom. The lowest BCUT2D eigenvalue weighted by Crippen LogP contribution is -2.24. The third-order valence-corrected chi connectivity index (χ3v) is 4.57. The fourth-order valence-electron chi connectivity index (χ4n) is 3.15. The van der Waals surface area contributed by atoms with E-state index in [1.807, 2.05) is 24.3 Å². The summed E-state index contributed by atoms with van der Waals surface area (Å²) in [6, 6.07) is 21.0. The first kappa shape index (κ1) is 16.8. The van der Waals surface area contributed by atoms with Gasteiger partial charge in [-0.3, -0.25) is 9.36 Å². The minimum Gasteiger partial charge on any atom is -0.508 e. The molecule has 0 bridgehead atoms. The third kappa shape index (κ3) is 3.27. The van der Waals surface area contributed by atoms with Gasteiger partial charge in [0, 0.05) is 6.54 Å². The summed E-state index contributed by atoms with van der Waals surface area (Å²) in [5.74, 6) is 0.729. The molecule has 1 aromatic heterocycles. The van der Waals surface area contributed by atoms with Gasteiger partial charge in [0.25, 0.3) is 5.56 Å². The number of hydrogen-bond acceptors (Lipinski definition) is 4. The summed E-state index contributed by atoms with van der Waals surface area (Å²) in [7, 11) is 0. The number of nitrogens with zero attached hydrogens (tertiary/aromatic N) is 2. The Morgan fingerprint density at radius 2 is 1.56 bits per heavy atom. The zero-order valence-electron chi connectivity index (χ0n) is 14.5.